The van der Waals surface area contributed by atoms with Crippen molar-refractivity contribution in [1.82, 2.24) is 9.78 Å². The fourth-order valence-corrected chi connectivity index (χ4v) is 3.03. The first kappa shape index (κ1) is 15.5. The predicted octanol–water partition coefficient (Wildman–Crippen LogP) is 2.38. The van der Waals surface area contributed by atoms with Gasteiger partial charge >= 0.3 is 5.82 Å². The second kappa shape index (κ2) is 5.45. The minimum absolute atomic E-state index is 0.218. The molecule has 21 heavy (non-hydrogen) atoms. The Morgan fingerprint density at radius 1 is 1.29 bits per heavy atom. The van der Waals surface area contributed by atoms with Crippen LogP contribution >= 0.6 is 10.7 Å². The molecule has 7 nitrogen and oxygen atoms in total. The largest absolute Gasteiger partial charge is 0.410 e. The zero-order valence-corrected chi connectivity index (χ0v) is 12.8. The van der Waals surface area contributed by atoms with Crippen LogP contribution in [-0.2, 0) is 15.6 Å². The van der Waals surface area contributed by atoms with Crippen molar-refractivity contribution in [2.45, 2.75) is 25.3 Å². The topological polar surface area (TPSA) is 95.1 Å². The van der Waals surface area contributed by atoms with Crippen molar-refractivity contribution >= 4 is 25.6 Å². The van der Waals surface area contributed by atoms with Gasteiger partial charge in [0.15, 0.2) is 0 Å². The van der Waals surface area contributed by atoms with Gasteiger partial charge in [0.2, 0.25) is 4.90 Å². The first-order valence-electron chi connectivity index (χ1n) is 5.90. The van der Waals surface area contributed by atoms with Crippen LogP contribution in [-0.4, -0.2) is 23.1 Å². The molecule has 0 saturated carbocycles. The van der Waals surface area contributed by atoms with Gasteiger partial charge in [0.25, 0.3) is 9.05 Å². The Kier molecular flexibility index (Phi) is 4.02. The number of hydrogen-bond donors (Lipinski definition) is 0. The molecule has 0 N–H and O–H groups in total. The molecule has 2 rings (SSSR count). The molecule has 0 spiro atoms. The van der Waals surface area contributed by atoms with E-state index in [-0.39, 0.29) is 6.54 Å². The normalized spacial score (nSPS) is 11.6. The molecule has 9 heteroatoms. The van der Waals surface area contributed by atoms with Crippen molar-refractivity contribution in [2.75, 3.05) is 0 Å². The number of nitro groups is 1. The lowest BCUT2D eigenvalue weighted by Gasteiger charge is -2.02. The van der Waals surface area contributed by atoms with Gasteiger partial charge in [-0.1, -0.05) is 29.3 Å². The second-order valence-electron chi connectivity index (χ2n) is 4.71. The van der Waals surface area contributed by atoms with Crippen LogP contribution in [0.1, 0.15) is 16.7 Å². The Labute approximate surface area is 125 Å². The molecule has 1 aromatic carbocycles. The molecule has 112 valence electrons. The smallest absolute Gasteiger partial charge is 0.358 e. The van der Waals surface area contributed by atoms with E-state index in [1.54, 1.807) is 0 Å². The van der Waals surface area contributed by atoms with Gasteiger partial charge < -0.3 is 10.1 Å². The molecule has 1 heterocycles. The first-order chi connectivity index (χ1) is 9.66. The summed E-state index contributed by atoms with van der Waals surface area (Å²) in [5.74, 6) is -0.769. The summed E-state index contributed by atoms with van der Waals surface area (Å²) < 4.78 is 23.9. The van der Waals surface area contributed by atoms with Crippen LogP contribution in [0, 0.1) is 24.0 Å². The Balaban J connectivity index is 2.44. The minimum Gasteiger partial charge on any atom is -0.358 e. The van der Waals surface area contributed by atoms with Crippen molar-refractivity contribution in [1.29, 1.82) is 0 Å². The summed E-state index contributed by atoms with van der Waals surface area (Å²) in [6.07, 6.45) is 1.07. The number of benzene rings is 1. The Morgan fingerprint density at radius 2 is 1.86 bits per heavy atom. The highest BCUT2D eigenvalue weighted by Gasteiger charge is 2.29. The second-order valence-corrected chi connectivity index (χ2v) is 7.24. The fraction of sp³-hybridized carbons (Fsp3) is 0.250. The van der Waals surface area contributed by atoms with Gasteiger partial charge in [-0.3, -0.25) is 0 Å². The van der Waals surface area contributed by atoms with Crippen LogP contribution in [0.2, 0.25) is 0 Å². The van der Waals surface area contributed by atoms with Crippen molar-refractivity contribution in [2.24, 2.45) is 0 Å². The molecule has 0 aliphatic heterocycles. The van der Waals surface area contributed by atoms with Crippen LogP contribution in [0.4, 0.5) is 5.82 Å². The summed E-state index contributed by atoms with van der Waals surface area (Å²) in [5, 5.41) is 14.5. The van der Waals surface area contributed by atoms with Crippen molar-refractivity contribution in [3.05, 3.63) is 51.2 Å². The van der Waals surface area contributed by atoms with E-state index >= 15 is 0 Å². The van der Waals surface area contributed by atoms with Crippen molar-refractivity contribution in [3.8, 4) is 0 Å². The summed E-state index contributed by atoms with van der Waals surface area (Å²) in [7, 11) is 0.970. The first-order valence-corrected chi connectivity index (χ1v) is 8.21. The standard InChI is InChI=1S/C12H12ClN3O4S/c1-8-3-9(2)5-10(4-8)6-15-7-11(21(13,19)20)12(14-15)16(17)18/h3-5,7H,6H2,1-2H3. The number of aromatic nitrogens is 2. The Bertz CT molecular complexity index is 794. The molecule has 0 fully saturated rings. The molecule has 2 aromatic rings. The number of hydrogen-bond acceptors (Lipinski definition) is 5. The molecule has 0 amide bonds. The van der Waals surface area contributed by atoms with E-state index in [0.717, 1.165) is 22.9 Å². The molecule has 1 aromatic heterocycles. The molecular formula is C12H12ClN3O4S. The molecule has 0 bridgehead atoms. The van der Waals surface area contributed by atoms with Gasteiger partial charge in [-0.2, -0.15) is 4.68 Å². The number of nitrogens with zero attached hydrogens (tertiary/aromatic N) is 3. The summed E-state index contributed by atoms with van der Waals surface area (Å²) in [4.78, 5) is 9.38. The molecule has 0 atom stereocenters. The molecule has 0 saturated heterocycles. The Morgan fingerprint density at radius 3 is 2.29 bits per heavy atom. The third-order valence-electron chi connectivity index (χ3n) is 2.77. The van der Waals surface area contributed by atoms with Gasteiger partial charge in [-0.25, -0.2) is 8.42 Å². The highest BCUT2D eigenvalue weighted by atomic mass is 35.7. The highest BCUT2D eigenvalue weighted by Crippen LogP contribution is 2.25. The zero-order chi connectivity index (χ0) is 15.8. The summed E-state index contributed by atoms with van der Waals surface area (Å²) in [6.45, 7) is 4.07. The third-order valence-corrected chi connectivity index (χ3v) is 4.08. The minimum atomic E-state index is -4.22. The van der Waals surface area contributed by atoms with E-state index in [1.165, 1.54) is 4.68 Å². The summed E-state index contributed by atoms with van der Waals surface area (Å²) in [6, 6.07) is 5.79. The number of aryl methyl sites for hydroxylation is 2. The van der Waals surface area contributed by atoms with Gasteiger partial charge in [0.1, 0.15) is 0 Å². The highest BCUT2D eigenvalue weighted by molar-refractivity contribution is 8.13. The molecule has 0 aliphatic rings. The maximum atomic E-state index is 11.3. The van der Waals surface area contributed by atoms with Crippen molar-refractivity contribution in [3.63, 3.8) is 0 Å². The zero-order valence-electron chi connectivity index (χ0n) is 11.3. The Hall–Kier alpha value is -1.93. The number of rotatable bonds is 4. The van der Waals surface area contributed by atoms with Gasteiger partial charge in [-0.05, 0) is 24.3 Å². The fourth-order valence-electron chi connectivity index (χ4n) is 2.12. The van der Waals surface area contributed by atoms with Gasteiger partial charge in [0, 0.05) is 10.7 Å². The van der Waals surface area contributed by atoms with E-state index in [1.807, 2.05) is 32.0 Å². The molecule has 0 aliphatic carbocycles. The summed E-state index contributed by atoms with van der Waals surface area (Å²) >= 11 is 0. The summed E-state index contributed by atoms with van der Waals surface area (Å²) in [5.41, 5.74) is 2.94. The lowest BCUT2D eigenvalue weighted by Crippen LogP contribution is -2.02. The lowest BCUT2D eigenvalue weighted by molar-refractivity contribution is -0.392. The van der Waals surface area contributed by atoms with Crippen LogP contribution < -0.4 is 0 Å². The van der Waals surface area contributed by atoms with E-state index in [2.05, 4.69) is 5.10 Å². The molecular weight excluding hydrogens is 318 g/mol. The van der Waals surface area contributed by atoms with E-state index in [0.29, 0.717) is 0 Å². The van der Waals surface area contributed by atoms with Crippen LogP contribution in [0.15, 0.2) is 29.3 Å². The van der Waals surface area contributed by atoms with Crippen LogP contribution in [0.25, 0.3) is 0 Å². The number of halogens is 1. The maximum Gasteiger partial charge on any atom is 0.410 e. The van der Waals surface area contributed by atoms with Gasteiger partial charge in [0.05, 0.1) is 17.8 Å². The quantitative estimate of drug-likeness (QED) is 0.487. The predicted molar refractivity (Wildman–Crippen MR) is 76.9 cm³/mol. The van der Waals surface area contributed by atoms with Gasteiger partial charge in [-0.15, -0.1) is 0 Å². The van der Waals surface area contributed by atoms with Crippen molar-refractivity contribution < 1.29 is 13.3 Å². The third kappa shape index (κ3) is 3.59. The average molecular weight is 330 g/mol. The van der Waals surface area contributed by atoms with Crippen LogP contribution in [0.5, 0.6) is 0 Å². The van der Waals surface area contributed by atoms with Crippen LogP contribution in [0.3, 0.4) is 0 Å². The van der Waals surface area contributed by atoms with E-state index in [9.17, 15) is 18.5 Å². The maximum absolute atomic E-state index is 11.3. The van der Waals surface area contributed by atoms with E-state index < -0.39 is 24.7 Å². The SMILES string of the molecule is Cc1cc(C)cc(Cn2cc(S(=O)(=O)Cl)c([N+](=O)[O-])n2)c1. The monoisotopic (exact) mass is 329 g/mol. The molecule has 0 radical (unpaired) electrons. The van der Waals surface area contributed by atoms with E-state index in [4.69, 9.17) is 10.7 Å². The lowest BCUT2D eigenvalue weighted by atomic mass is 10.1. The average Bonchev–Trinajstić information content (AvgIpc) is 2.71. The molecule has 0 unspecified atom stereocenters.